The number of hydrogen-bond acceptors (Lipinski definition) is 3. The normalized spacial score (nSPS) is 11.5. The summed E-state index contributed by atoms with van der Waals surface area (Å²) in [6.45, 7) is 6.58. The van der Waals surface area contributed by atoms with Crippen LogP contribution in [-0.4, -0.2) is 22.2 Å². The number of rotatable bonds is 7. The molecule has 0 atom stereocenters. The van der Waals surface area contributed by atoms with Crippen LogP contribution in [0.25, 0.3) is 5.69 Å². The Morgan fingerprint density at radius 3 is 2.46 bits per heavy atom. The predicted molar refractivity (Wildman–Crippen MR) is 92.2 cm³/mol. The Morgan fingerprint density at radius 1 is 1.29 bits per heavy atom. The number of nitrogens with one attached hydrogen (secondary N) is 1. The molecule has 1 aromatic carbocycles. The fraction of sp³-hybridized carbons (Fsp3) is 0.444. The molecule has 0 radical (unpaired) electrons. The molecule has 0 saturated carbocycles. The molecular weight excluding hydrogens is 307 g/mol. The molecule has 0 aliphatic rings. The average Bonchev–Trinajstić information content (AvgIpc) is 2.96. The summed E-state index contributed by atoms with van der Waals surface area (Å²) in [5, 5.41) is 7.40. The minimum Gasteiger partial charge on any atom is -0.351 e. The third-order valence-corrected chi connectivity index (χ3v) is 4.76. The smallest absolute Gasteiger partial charge is 0.227 e. The molecule has 130 valence electrons. The van der Waals surface area contributed by atoms with E-state index >= 15 is 0 Å². The summed E-state index contributed by atoms with van der Waals surface area (Å²) in [4.78, 5) is 12.5. The molecule has 5 nitrogen and oxygen atoms in total. The van der Waals surface area contributed by atoms with E-state index in [1.54, 1.807) is 16.8 Å². The topological polar surface area (TPSA) is 72.9 Å². The van der Waals surface area contributed by atoms with Gasteiger partial charge in [0.2, 0.25) is 5.91 Å². The van der Waals surface area contributed by atoms with Gasteiger partial charge in [-0.1, -0.05) is 13.8 Å². The monoisotopic (exact) mass is 332 g/mol. The van der Waals surface area contributed by atoms with Crippen LogP contribution in [0.15, 0.2) is 30.5 Å². The molecule has 1 heterocycles. The minimum atomic E-state index is -0.513. The number of nitrogens with zero attached hydrogens (tertiary/aromatic N) is 2. The van der Waals surface area contributed by atoms with Crippen molar-refractivity contribution >= 4 is 5.91 Å². The second kappa shape index (κ2) is 7.57. The molecule has 0 aliphatic carbocycles. The molecule has 1 amide bonds. The summed E-state index contributed by atoms with van der Waals surface area (Å²) in [7, 11) is 0. The van der Waals surface area contributed by atoms with Crippen molar-refractivity contribution in [2.75, 3.05) is 6.54 Å². The van der Waals surface area contributed by atoms with Gasteiger partial charge in [0.05, 0.1) is 16.8 Å². The van der Waals surface area contributed by atoms with Crippen LogP contribution in [0.5, 0.6) is 0 Å². The molecule has 0 spiro atoms. The van der Waals surface area contributed by atoms with Gasteiger partial charge in [-0.25, -0.2) is 9.07 Å². The van der Waals surface area contributed by atoms with E-state index in [9.17, 15) is 9.18 Å². The number of carbonyl (C=O) groups is 1. The highest BCUT2D eigenvalue weighted by molar-refractivity contribution is 5.82. The lowest BCUT2D eigenvalue weighted by Crippen LogP contribution is -2.45. The summed E-state index contributed by atoms with van der Waals surface area (Å²) in [5.74, 6) is -0.309. The predicted octanol–water partition coefficient (Wildman–Crippen LogP) is 2.70. The van der Waals surface area contributed by atoms with Crippen LogP contribution in [0.2, 0.25) is 0 Å². The van der Waals surface area contributed by atoms with Crippen LogP contribution in [0.3, 0.4) is 0 Å². The van der Waals surface area contributed by atoms with Gasteiger partial charge in [0, 0.05) is 24.8 Å². The van der Waals surface area contributed by atoms with Gasteiger partial charge >= 0.3 is 0 Å². The third kappa shape index (κ3) is 3.64. The van der Waals surface area contributed by atoms with Gasteiger partial charge in [0.1, 0.15) is 5.82 Å². The fourth-order valence-corrected chi connectivity index (χ4v) is 2.71. The van der Waals surface area contributed by atoms with E-state index in [0.29, 0.717) is 25.9 Å². The van der Waals surface area contributed by atoms with Crippen molar-refractivity contribution in [3.63, 3.8) is 0 Å². The van der Waals surface area contributed by atoms with Gasteiger partial charge in [0.25, 0.3) is 0 Å². The Morgan fingerprint density at radius 2 is 1.92 bits per heavy atom. The maximum atomic E-state index is 13.0. The van der Waals surface area contributed by atoms with E-state index in [1.807, 2.05) is 27.0 Å². The molecule has 6 heteroatoms. The molecule has 0 fully saturated rings. The van der Waals surface area contributed by atoms with E-state index in [1.165, 1.54) is 12.1 Å². The maximum Gasteiger partial charge on any atom is 0.227 e. The number of aromatic nitrogens is 2. The van der Waals surface area contributed by atoms with Gasteiger partial charge in [-0.15, -0.1) is 0 Å². The van der Waals surface area contributed by atoms with Crippen molar-refractivity contribution in [3.05, 3.63) is 47.5 Å². The molecular formula is C18H25FN4O. The maximum absolute atomic E-state index is 13.0. The third-order valence-electron chi connectivity index (χ3n) is 4.76. The van der Waals surface area contributed by atoms with Crippen molar-refractivity contribution in [2.24, 2.45) is 11.1 Å². The summed E-state index contributed by atoms with van der Waals surface area (Å²) in [6, 6.07) is 6.12. The second-order valence-corrected chi connectivity index (χ2v) is 6.03. The van der Waals surface area contributed by atoms with E-state index in [0.717, 1.165) is 16.9 Å². The molecule has 2 rings (SSSR count). The molecule has 3 N–H and O–H groups in total. The number of aryl methyl sites for hydroxylation is 1. The molecule has 0 saturated heterocycles. The molecule has 0 unspecified atom stereocenters. The highest BCUT2D eigenvalue weighted by Crippen LogP contribution is 2.25. The first-order chi connectivity index (χ1) is 11.5. The van der Waals surface area contributed by atoms with Crippen LogP contribution >= 0.6 is 0 Å². The zero-order chi connectivity index (χ0) is 17.7. The minimum absolute atomic E-state index is 0.0241. The summed E-state index contributed by atoms with van der Waals surface area (Å²) >= 11 is 0. The van der Waals surface area contributed by atoms with Crippen molar-refractivity contribution < 1.29 is 9.18 Å². The quantitative estimate of drug-likeness (QED) is 0.819. The summed E-state index contributed by atoms with van der Waals surface area (Å²) < 4.78 is 14.7. The standard InChI is InChI=1S/C18H25FN4O/c1-4-18(5-2,12-20)17(24)21-10-14-11-23(22-13(14)3)16-8-6-15(19)7-9-16/h6-9,11H,4-5,10,12,20H2,1-3H3,(H,21,24). The Labute approximate surface area is 142 Å². The van der Waals surface area contributed by atoms with E-state index in [2.05, 4.69) is 10.4 Å². The number of halogens is 1. The van der Waals surface area contributed by atoms with Crippen molar-refractivity contribution in [3.8, 4) is 5.69 Å². The Hall–Kier alpha value is -2.21. The first-order valence-electron chi connectivity index (χ1n) is 8.25. The van der Waals surface area contributed by atoms with E-state index in [-0.39, 0.29) is 11.7 Å². The fourth-order valence-electron chi connectivity index (χ4n) is 2.71. The lowest BCUT2D eigenvalue weighted by Gasteiger charge is -2.28. The van der Waals surface area contributed by atoms with Crippen LogP contribution in [-0.2, 0) is 11.3 Å². The first-order valence-corrected chi connectivity index (χ1v) is 8.25. The molecule has 0 aliphatic heterocycles. The van der Waals surface area contributed by atoms with Crippen molar-refractivity contribution in [2.45, 2.75) is 40.2 Å². The number of benzene rings is 1. The Kier molecular flexibility index (Phi) is 5.72. The lowest BCUT2D eigenvalue weighted by atomic mass is 9.81. The van der Waals surface area contributed by atoms with Gasteiger partial charge in [-0.2, -0.15) is 5.10 Å². The summed E-state index contributed by atoms with van der Waals surface area (Å²) in [6.07, 6.45) is 3.27. The van der Waals surface area contributed by atoms with Crippen LogP contribution in [0.1, 0.15) is 37.9 Å². The zero-order valence-electron chi connectivity index (χ0n) is 14.5. The molecule has 1 aromatic heterocycles. The van der Waals surface area contributed by atoms with Gasteiger partial charge < -0.3 is 11.1 Å². The average molecular weight is 332 g/mol. The SMILES string of the molecule is CCC(CC)(CN)C(=O)NCc1cn(-c2ccc(F)cc2)nc1C. The first kappa shape index (κ1) is 18.1. The second-order valence-electron chi connectivity index (χ2n) is 6.03. The number of carbonyl (C=O) groups excluding carboxylic acids is 1. The zero-order valence-corrected chi connectivity index (χ0v) is 14.5. The van der Waals surface area contributed by atoms with Gasteiger partial charge in [0.15, 0.2) is 0 Å². The molecule has 0 bridgehead atoms. The number of hydrogen-bond donors (Lipinski definition) is 2. The number of amides is 1. The molecule has 24 heavy (non-hydrogen) atoms. The van der Waals surface area contributed by atoms with E-state index < -0.39 is 5.41 Å². The Balaban J connectivity index is 2.11. The highest BCUT2D eigenvalue weighted by Gasteiger charge is 2.33. The largest absolute Gasteiger partial charge is 0.351 e. The number of nitrogens with two attached hydrogens (primary N) is 1. The van der Waals surface area contributed by atoms with E-state index in [4.69, 9.17) is 5.73 Å². The van der Waals surface area contributed by atoms with Crippen LogP contribution < -0.4 is 11.1 Å². The summed E-state index contributed by atoms with van der Waals surface area (Å²) in [5.41, 5.74) is 7.82. The van der Waals surface area contributed by atoms with Gasteiger partial charge in [-0.05, 0) is 44.0 Å². The van der Waals surface area contributed by atoms with Crippen LogP contribution in [0.4, 0.5) is 4.39 Å². The van der Waals surface area contributed by atoms with Crippen LogP contribution in [0, 0.1) is 18.2 Å². The van der Waals surface area contributed by atoms with Gasteiger partial charge in [-0.3, -0.25) is 4.79 Å². The highest BCUT2D eigenvalue weighted by atomic mass is 19.1. The van der Waals surface area contributed by atoms with Crippen molar-refractivity contribution in [1.29, 1.82) is 0 Å². The molecule has 2 aromatic rings. The Bertz CT molecular complexity index is 681. The lowest BCUT2D eigenvalue weighted by molar-refractivity contribution is -0.131. The van der Waals surface area contributed by atoms with Crippen molar-refractivity contribution in [1.82, 2.24) is 15.1 Å².